The lowest BCUT2D eigenvalue weighted by molar-refractivity contribution is -0.138. The van der Waals surface area contributed by atoms with Gasteiger partial charge in [0, 0.05) is 18.2 Å². The van der Waals surface area contributed by atoms with E-state index in [1.165, 1.54) is 37.5 Å². The summed E-state index contributed by atoms with van der Waals surface area (Å²) >= 11 is 0. The quantitative estimate of drug-likeness (QED) is 0.447. The van der Waals surface area contributed by atoms with Gasteiger partial charge in [-0.15, -0.1) is 0 Å². The Balaban J connectivity index is 1.92. The molecule has 3 rings (SSSR count). The monoisotopic (exact) mass is 360 g/mol. The molecule has 138 valence electrons. The molecule has 0 radical (unpaired) electrons. The van der Waals surface area contributed by atoms with Gasteiger partial charge in [-0.05, 0) is 37.5 Å². The Morgan fingerprint density at radius 3 is 2.73 bits per heavy atom. The van der Waals surface area contributed by atoms with Gasteiger partial charge in [-0.1, -0.05) is 6.42 Å². The lowest BCUT2D eigenvalue weighted by Gasteiger charge is -2.23. The maximum atomic E-state index is 14.5. The van der Waals surface area contributed by atoms with E-state index < -0.39 is 11.8 Å². The van der Waals surface area contributed by atoms with Crippen molar-refractivity contribution >= 4 is 5.97 Å². The standard InChI is InChI=1S/C19H21FN2O4/c1-12-9-14(20)16(22-8-7-15(21-22)13-5-4-6-13)10-17(12)26-18(11-24-2)19(23)25-3/h7-11,13H,4-6H2,1-3H3/b18-11-. The SMILES string of the molecule is CO/C=C(\Oc1cc(-n2ccc(C3CCC3)n2)c(F)cc1C)C(=O)OC. The van der Waals surface area contributed by atoms with Crippen molar-refractivity contribution in [3.05, 3.63) is 53.5 Å². The molecule has 1 heterocycles. The summed E-state index contributed by atoms with van der Waals surface area (Å²) in [6.07, 6.45) is 6.31. The van der Waals surface area contributed by atoms with Crippen LogP contribution in [0.4, 0.5) is 4.39 Å². The number of carbonyl (C=O) groups excluding carboxylic acids is 1. The van der Waals surface area contributed by atoms with Crippen LogP contribution in [0, 0.1) is 12.7 Å². The minimum absolute atomic E-state index is 0.133. The maximum absolute atomic E-state index is 14.5. The number of esters is 1. The Bertz CT molecular complexity index is 840. The summed E-state index contributed by atoms with van der Waals surface area (Å²) in [7, 11) is 2.63. The van der Waals surface area contributed by atoms with Crippen LogP contribution in [-0.4, -0.2) is 30.0 Å². The molecule has 1 fully saturated rings. The van der Waals surface area contributed by atoms with Crippen LogP contribution >= 0.6 is 0 Å². The third kappa shape index (κ3) is 3.56. The number of benzene rings is 1. The first kappa shape index (κ1) is 18.0. The van der Waals surface area contributed by atoms with Gasteiger partial charge in [-0.2, -0.15) is 5.10 Å². The number of hydrogen-bond acceptors (Lipinski definition) is 5. The van der Waals surface area contributed by atoms with Gasteiger partial charge in [0.1, 0.15) is 23.5 Å². The average molecular weight is 360 g/mol. The minimum Gasteiger partial charge on any atom is -0.500 e. The lowest BCUT2D eigenvalue weighted by Crippen LogP contribution is -2.12. The predicted octanol–water partition coefficient (Wildman–Crippen LogP) is 3.63. The fourth-order valence-corrected chi connectivity index (χ4v) is 2.76. The molecule has 0 unspecified atom stereocenters. The molecule has 6 nitrogen and oxygen atoms in total. The second kappa shape index (κ2) is 7.59. The Morgan fingerprint density at radius 2 is 2.12 bits per heavy atom. The van der Waals surface area contributed by atoms with Crippen LogP contribution in [0.5, 0.6) is 5.75 Å². The van der Waals surface area contributed by atoms with Crippen LogP contribution in [-0.2, 0) is 14.3 Å². The van der Waals surface area contributed by atoms with Gasteiger partial charge in [-0.25, -0.2) is 13.9 Å². The fraction of sp³-hybridized carbons (Fsp3) is 0.368. The summed E-state index contributed by atoms with van der Waals surface area (Å²) in [5, 5.41) is 4.49. The predicted molar refractivity (Wildman–Crippen MR) is 92.6 cm³/mol. The number of aryl methyl sites for hydroxylation is 1. The zero-order valence-corrected chi connectivity index (χ0v) is 15.0. The second-order valence-corrected chi connectivity index (χ2v) is 6.19. The summed E-state index contributed by atoms with van der Waals surface area (Å²) in [4.78, 5) is 11.8. The average Bonchev–Trinajstić information content (AvgIpc) is 3.03. The van der Waals surface area contributed by atoms with E-state index in [1.54, 1.807) is 13.1 Å². The van der Waals surface area contributed by atoms with Crippen molar-refractivity contribution in [2.75, 3.05) is 14.2 Å². The molecule has 0 N–H and O–H groups in total. The van der Waals surface area contributed by atoms with E-state index in [4.69, 9.17) is 9.47 Å². The number of halogens is 1. The molecule has 0 atom stereocenters. The molecule has 0 bridgehead atoms. The molecule has 2 aromatic rings. The van der Waals surface area contributed by atoms with Crippen molar-refractivity contribution in [2.24, 2.45) is 0 Å². The highest BCUT2D eigenvalue weighted by Gasteiger charge is 2.23. The third-order valence-corrected chi connectivity index (χ3v) is 4.46. The van der Waals surface area contributed by atoms with Crippen molar-refractivity contribution in [2.45, 2.75) is 32.1 Å². The van der Waals surface area contributed by atoms with Crippen LogP contribution in [0.25, 0.3) is 5.69 Å². The van der Waals surface area contributed by atoms with E-state index >= 15 is 0 Å². The number of rotatable bonds is 6. The number of hydrogen-bond donors (Lipinski definition) is 0. The van der Waals surface area contributed by atoms with Gasteiger partial charge in [0.25, 0.3) is 0 Å². The van der Waals surface area contributed by atoms with Crippen LogP contribution in [0.3, 0.4) is 0 Å². The normalized spacial score (nSPS) is 14.7. The maximum Gasteiger partial charge on any atom is 0.377 e. The number of nitrogens with zero attached hydrogens (tertiary/aromatic N) is 2. The van der Waals surface area contributed by atoms with Crippen LogP contribution in [0.1, 0.15) is 36.4 Å². The molecule has 26 heavy (non-hydrogen) atoms. The van der Waals surface area contributed by atoms with Crippen molar-refractivity contribution in [1.82, 2.24) is 9.78 Å². The first-order chi connectivity index (χ1) is 12.5. The topological polar surface area (TPSA) is 62.6 Å². The smallest absolute Gasteiger partial charge is 0.377 e. The molecule has 0 spiro atoms. The number of methoxy groups -OCH3 is 2. The number of carbonyl (C=O) groups is 1. The Kier molecular flexibility index (Phi) is 5.25. The Morgan fingerprint density at radius 1 is 1.35 bits per heavy atom. The third-order valence-electron chi connectivity index (χ3n) is 4.46. The molecule has 1 aromatic heterocycles. The van der Waals surface area contributed by atoms with Gasteiger partial charge >= 0.3 is 5.97 Å². The molecule has 1 aliphatic carbocycles. The van der Waals surface area contributed by atoms with Gasteiger partial charge in [-0.3, -0.25) is 0 Å². The van der Waals surface area contributed by atoms with E-state index in [0.29, 0.717) is 17.2 Å². The van der Waals surface area contributed by atoms with E-state index in [1.807, 2.05) is 6.07 Å². The van der Waals surface area contributed by atoms with Crippen molar-refractivity contribution in [3.8, 4) is 11.4 Å². The van der Waals surface area contributed by atoms with E-state index in [2.05, 4.69) is 9.84 Å². The molecule has 0 amide bonds. The molecule has 0 saturated heterocycles. The van der Waals surface area contributed by atoms with Gasteiger partial charge in [0.05, 0.1) is 19.9 Å². The molecule has 7 heteroatoms. The Hall–Kier alpha value is -2.83. The molecule has 1 aromatic carbocycles. The summed E-state index contributed by atoms with van der Waals surface area (Å²) in [6, 6.07) is 4.76. The largest absolute Gasteiger partial charge is 0.500 e. The van der Waals surface area contributed by atoms with E-state index in [9.17, 15) is 9.18 Å². The minimum atomic E-state index is -0.691. The van der Waals surface area contributed by atoms with Crippen molar-refractivity contribution < 1.29 is 23.4 Å². The second-order valence-electron chi connectivity index (χ2n) is 6.19. The van der Waals surface area contributed by atoms with Crippen LogP contribution in [0.15, 0.2) is 36.4 Å². The Labute approximate surface area is 151 Å². The molecule has 0 aliphatic heterocycles. The lowest BCUT2D eigenvalue weighted by atomic mass is 9.83. The summed E-state index contributed by atoms with van der Waals surface area (Å²) < 4.78 is 31.1. The summed E-state index contributed by atoms with van der Waals surface area (Å²) in [6.45, 7) is 1.69. The highest BCUT2D eigenvalue weighted by Crippen LogP contribution is 2.35. The van der Waals surface area contributed by atoms with Gasteiger partial charge in [0.2, 0.25) is 5.76 Å². The molecular formula is C19H21FN2O4. The zero-order valence-electron chi connectivity index (χ0n) is 15.0. The zero-order chi connectivity index (χ0) is 18.7. The first-order valence-electron chi connectivity index (χ1n) is 8.38. The summed E-state index contributed by atoms with van der Waals surface area (Å²) in [5.74, 6) is -0.477. The number of ether oxygens (including phenoxy) is 3. The summed E-state index contributed by atoms with van der Waals surface area (Å²) in [5.41, 5.74) is 1.74. The molecule has 1 saturated carbocycles. The van der Waals surface area contributed by atoms with Crippen molar-refractivity contribution in [1.29, 1.82) is 0 Å². The highest BCUT2D eigenvalue weighted by atomic mass is 19.1. The van der Waals surface area contributed by atoms with Crippen LogP contribution in [0.2, 0.25) is 0 Å². The fourth-order valence-electron chi connectivity index (χ4n) is 2.76. The number of aromatic nitrogens is 2. The van der Waals surface area contributed by atoms with E-state index in [-0.39, 0.29) is 11.4 Å². The van der Waals surface area contributed by atoms with Gasteiger partial charge in [0.15, 0.2) is 0 Å². The first-order valence-corrected chi connectivity index (χ1v) is 8.38. The molecule has 1 aliphatic rings. The van der Waals surface area contributed by atoms with Gasteiger partial charge < -0.3 is 14.2 Å². The van der Waals surface area contributed by atoms with Crippen molar-refractivity contribution in [3.63, 3.8) is 0 Å². The highest BCUT2D eigenvalue weighted by molar-refractivity contribution is 5.86. The van der Waals surface area contributed by atoms with Crippen LogP contribution < -0.4 is 4.74 Å². The van der Waals surface area contributed by atoms with E-state index in [0.717, 1.165) is 24.8 Å². The molecular weight excluding hydrogens is 339 g/mol.